The van der Waals surface area contributed by atoms with Gasteiger partial charge in [0, 0.05) is 25.7 Å². The second-order valence-electron chi connectivity index (χ2n) is 6.60. The summed E-state index contributed by atoms with van der Waals surface area (Å²) in [6.45, 7) is 0. The summed E-state index contributed by atoms with van der Waals surface area (Å²) in [6.07, 6.45) is 2.36. The van der Waals surface area contributed by atoms with Gasteiger partial charge in [-0.05, 0) is 43.9 Å². The minimum Gasteiger partial charge on any atom is -0.495 e. The topological polar surface area (TPSA) is 108 Å². The number of aliphatic carboxylic acids is 1. The summed E-state index contributed by atoms with van der Waals surface area (Å²) in [6, 6.07) is 4.36. The number of carboxylic acid groups (broad SMARTS) is 1. The predicted molar refractivity (Wildman–Crippen MR) is 96.5 cm³/mol. The van der Waals surface area contributed by atoms with Crippen molar-refractivity contribution in [2.24, 2.45) is 5.92 Å². The van der Waals surface area contributed by atoms with Gasteiger partial charge in [0.2, 0.25) is 0 Å². The maximum atomic E-state index is 12.3. The molecular formula is C18H25N3O5. The van der Waals surface area contributed by atoms with Crippen LogP contribution in [0.25, 0.3) is 0 Å². The number of methoxy groups -OCH3 is 1. The molecule has 1 aliphatic rings. The van der Waals surface area contributed by atoms with Crippen LogP contribution in [0.1, 0.15) is 36.0 Å². The van der Waals surface area contributed by atoms with Crippen LogP contribution in [-0.2, 0) is 4.79 Å². The van der Waals surface area contributed by atoms with Crippen molar-refractivity contribution in [1.29, 1.82) is 0 Å². The number of amides is 3. The molecule has 0 bridgehead atoms. The lowest BCUT2D eigenvalue weighted by Crippen LogP contribution is -2.41. The summed E-state index contributed by atoms with van der Waals surface area (Å²) in [5.74, 6) is -0.835. The van der Waals surface area contributed by atoms with Crippen LogP contribution in [0.5, 0.6) is 5.75 Å². The number of carbonyl (C=O) groups is 3. The van der Waals surface area contributed by atoms with Crippen LogP contribution in [0, 0.1) is 5.92 Å². The molecule has 0 spiro atoms. The third kappa shape index (κ3) is 4.87. The van der Waals surface area contributed by atoms with Crippen molar-refractivity contribution < 1.29 is 24.2 Å². The van der Waals surface area contributed by atoms with E-state index in [1.54, 1.807) is 32.3 Å². The number of urea groups is 1. The van der Waals surface area contributed by atoms with E-state index in [4.69, 9.17) is 9.84 Å². The van der Waals surface area contributed by atoms with Gasteiger partial charge >= 0.3 is 12.0 Å². The molecule has 2 rings (SSSR count). The lowest BCUT2D eigenvalue weighted by atomic mass is 9.86. The van der Waals surface area contributed by atoms with Gasteiger partial charge in [-0.3, -0.25) is 9.59 Å². The maximum absolute atomic E-state index is 12.3. The highest BCUT2D eigenvalue weighted by atomic mass is 16.5. The first-order valence-corrected chi connectivity index (χ1v) is 8.51. The highest BCUT2D eigenvalue weighted by Gasteiger charge is 2.26. The van der Waals surface area contributed by atoms with Gasteiger partial charge in [0.15, 0.2) is 0 Å². The fourth-order valence-corrected chi connectivity index (χ4v) is 3.03. The molecule has 0 unspecified atom stereocenters. The Morgan fingerprint density at radius 3 is 2.35 bits per heavy atom. The minimum absolute atomic E-state index is 0.0665. The molecular weight excluding hydrogens is 338 g/mol. The molecule has 1 aromatic carbocycles. The van der Waals surface area contributed by atoms with Crippen molar-refractivity contribution in [2.75, 3.05) is 26.5 Å². The summed E-state index contributed by atoms with van der Waals surface area (Å²) in [5, 5.41) is 14.6. The quantitative estimate of drug-likeness (QED) is 0.743. The van der Waals surface area contributed by atoms with Gasteiger partial charge in [-0.15, -0.1) is 0 Å². The number of nitrogens with zero attached hydrogens (tertiary/aromatic N) is 1. The second kappa shape index (κ2) is 8.55. The normalized spacial score (nSPS) is 19.3. The Morgan fingerprint density at radius 1 is 1.15 bits per heavy atom. The first kappa shape index (κ1) is 19.6. The summed E-state index contributed by atoms with van der Waals surface area (Å²) in [5.41, 5.74) is 0.838. The van der Waals surface area contributed by atoms with E-state index < -0.39 is 12.0 Å². The Morgan fingerprint density at radius 2 is 1.81 bits per heavy atom. The molecule has 8 nitrogen and oxygen atoms in total. The van der Waals surface area contributed by atoms with Gasteiger partial charge in [-0.1, -0.05) is 0 Å². The molecule has 1 saturated carbocycles. The molecule has 0 atom stereocenters. The van der Waals surface area contributed by atoms with Crippen molar-refractivity contribution in [3.8, 4) is 5.75 Å². The van der Waals surface area contributed by atoms with E-state index in [1.165, 1.54) is 12.0 Å². The van der Waals surface area contributed by atoms with E-state index >= 15 is 0 Å². The number of nitrogens with one attached hydrogen (secondary N) is 2. The van der Waals surface area contributed by atoms with Crippen LogP contribution in [0.3, 0.4) is 0 Å². The van der Waals surface area contributed by atoms with Gasteiger partial charge in [-0.25, -0.2) is 4.79 Å². The van der Waals surface area contributed by atoms with Crippen LogP contribution in [0.4, 0.5) is 10.5 Å². The molecule has 3 amide bonds. The van der Waals surface area contributed by atoms with Crippen molar-refractivity contribution >= 4 is 23.6 Å². The number of benzene rings is 1. The molecule has 0 radical (unpaired) electrons. The second-order valence-corrected chi connectivity index (χ2v) is 6.60. The van der Waals surface area contributed by atoms with E-state index in [1.807, 2.05) is 0 Å². The zero-order valence-electron chi connectivity index (χ0n) is 15.2. The van der Waals surface area contributed by atoms with Gasteiger partial charge in [0.25, 0.3) is 5.91 Å². The number of anilines is 1. The molecule has 0 saturated heterocycles. The van der Waals surface area contributed by atoms with Crippen LogP contribution >= 0.6 is 0 Å². The number of hydrogen-bond acceptors (Lipinski definition) is 4. The summed E-state index contributed by atoms with van der Waals surface area (Å²) in [7, 11) is 4.79. The van der Waals surface area contributed by atoms with Gasteiger partial charge in [0.1, 0.15) is 5.75 Å². The number of hydrogen-bond donors (Lipinski definition) is 3. The monoisotopic (exact) mass is 363 g/mol. The molecule has 8 heteroatoms. The molecule has 3 N–H and O–H groups in total. The van der Waals surface area contributed by atoms with Crippen LogP contribution in [-0.4, -0.2) is 55.2 Å². The molecule has 1 fully saturated rings. The smallest absolute Gasteiger partial charge is 0.319 e. The number of ether oxygens (including phenoxy) is 1. The lowest BCUT2D eigenvalue weighted by Gasteiger charge is -2.27. The number of rotatable bonds is 5. The van der Waals surface area contributed by atoms with Crippen molar-refractivity contribution in [3.63, 3.8) is 0 Å². The molecule has 1 aliphatic carbocycles. The third-order valence-electron chi connectivity index (χ3n) is 4.51. The fourth-order valence-electron chi connectivity index (χ4n) is 3.03. The molecule has 0 aromatic heterocycles. The van der Waals surface area contributed by atoms with E-state index in [9.17, 15) is 14.4 Å². The van der Waals surface area contributed by atoms with E-state index in [-0.39, 0.29) is 17.9 Å². The fraction of sp³-hybridized carbons (Fsp3) is 0.500. The lowest BCUT2D eigenvalue weighted by molar-refractivity contribution is -0.142. The van der Waals surface area contributed by atoms with Crippen LogP contribution < -0.4 is 15.4 Å². The van der Waals surface area contributed by atoms with Gasteiger partial charge in [-0.2, -0.15) is 0 Å². The molecule has 1 aromatic rings. The SMILES string of the molecule is COc1ccc(C(=O)N(C)C)cc1NC(=O)NC1CCC(C(=O)O)CC1. The number of carbonyl (C=O) groups excluding carboxylic acids is 2. The Balaban J connectivity index is 2.00. The van der Waals surface area contributed by atoms with E-state index in [0.29, 0.717) is 42.7 Å². The summed E-state index contributed by atoms with van der Waals surface area (Å²) in [4.78, 5) is 36.8. The predicted octanol–water partition coefficient (Wildman–Crippen LogP) is 2.16. The van der Waals surface area contributed by atoms with Crippen molar-refractivity contribution in [1.82, 2.24) is 10.2 Å². The molecule has 142 valence electrons. The van der Waals surface area contributed by atoms with Crippen LogP contribution in [0.15, 0.2) is 18.2 Å². The number of carboxylic acids is 1. The zero-order valence-corrected chi connectivity index (χ0v) is 15.2. The van der Waals surface area contributed by atoms with Crippen molar-refractivity contribution in [2.45, 2.75) is 31.7 Å². The largest absolute Gasteiger partial charge is 0.495 e. The average molecular weight is 363 g/mol. The Bertz CT molecular complexity index is 681. The summed E-state index contributed by atoms with van der Waals surface area (Å²) >= 11 is 0. The first-order chi connectivity index (χ1) is 12.3. The van der Waals surface area contributed by atoms with E-state index in [0.717, 1.165) is 0 Å². The molecule has 0 aliphatic heterocycles. The van der Waals surface area contributed by atoms with Crippen molar-refractivity contribution in [3.05, 3.63) is 23.8 Å². The highest BCUT2D eigenvalue weighted by molar-refractivity contribution is 5.97. The maximum Gasteiger partial charge on any atom is 0.319 e. The highest BCUT2D eigenvalue weighted by Crippen LogP contribution is 2.27. The Hall–Kier alpha value is -2.77. The minimum atomic E-state index is -0.778. The first-order valence-electron chi connectivity index (χ1n) is 8.51. The van der Waals surface area contributed by atoms with Gasteiger partial charge < -0.3 is 25.4 Å². The summed E-state index contributed by atoms with van der Waals surface area (Å²) < 4.78 is 5.24. The third-order valence-corrected chi connectivity index (χ3v) is 4.51. The molecule has 26 heavy (non-hydrogen) atoms. The van der Waals surface area contributed by atoms with Gasteiger partial charge in [0.05, 0.1) is 18.7 Å². The average Bonchev–Trinajstić information content (AvgIpc) is 2.61. The Labute approximate surface area is 152 Å². The van der Waals surface area contributed by atoms with Crippen LogP contribution in [0.2, 0.25) is 0 Å². The van der Waals surface area contributed by atoms with E-state index in [2.05, 4.69) is 10.6 Å². The zero-order chi connectivity index (χ0) is 19.3. The Kier molecular flexibility index (Phi) is 6.43. The standard InChI is InChI=1S/C18H25N3O5/c1-21(2)16(22)12-6-9-15(26-3)14(10-12)20-18(25)19-13-7-4-11(5-8-13)17(23)24/h6,9-11,13H,4-5,7-8H2,1-3H3,(H,23,24)(H2,19,20,25). The molecule has 0 heterocycles.